The summed E-state index contributed by atoms with van der Waals surface area (Å²) in [6.45, 7) is -1.43. The molecule has 0 spiro atoms. The van der Waals surface area contributed by atoms with Crippen LogP contribution in [0.4, 0.5) is 18.9 Å². The van der Waals surface area contributed by atoms with Gasteiger partial charge in [-0.2, -0.15) is 13.2 Å². The lowest BCUT2D eigenvalue weighted by molar-refractivity contribution is -0.154. The molecule has 9 heteroatoms. The van der Waals surface area contributed by atoms with Crippen LogP contribution in [-0.4, -0.2) is 35.6 Å². The number of alkyl halides is 3. The standard InChI is InChI=1S/C12H12F3N3O3/c13-12(14,15)6-21-10-4-1-7(5-16-10)17-11(20)8-2-3-9(19)18-8/h1,4-5,8H,2-3,6H2,(H,17,20)(H,18,19)/t8-/m0/s1. The van der Waals surface area contributed by atoms with Crippen LogP contribution in [0.15, 0.2) is 18.3 Å². The van der Waals surface area contributed by atoms with Gasteiger partial charge in [0, 0.05) is 12.5 Å². The Kier molecular flexibility index (Phi) is 4.29. The first-order chi connectivity index (χ1) is 9.83. The van der Waals surface area contributed by atoms with Crippen molar-refractivity contribution in [2.45, 2.75) is 25.1 Å². The first-order valence-electron chi connectivity index (χ1n) is 6.09. The molecule has 114 valence electrons. The Hall–Kier alpha value is -2.32. The van der Waals surface area contributed by atoms with Gasteiger partial charge in [0.2, 0.25) is 17.7 Å². The van der Waals surface area contributed by atoms with E-state index in [9.17, 15) is 22.8 Å². The monoisotopic (exact) mass is 303 g/mol. The maximum atomic E-state index is 12.0. The maximum absolute atomic E-state index is 12.0. The highest BCUT2D eigenvalue weighted by atomic mass is 19.4. The highest BCUT2D eigenvalue weighted by Crippen LogP contribution is 2.18. The molecule has 1 aromatic rings. The third kappa shape index (κ3) is 4.62. The molecule has 2 heterocycles. The third-order valence-corrected chi connectivity index (χ3v) is 2.70. The smallest absolute Gasteiger partial charge is 0.422 e. The van der Waals surface area contributed by atoms with Crippen LogP contribution in [-0.2, 0) is 9.59 Å². The van der Waals surface area contributed by atoms with Gasteiger partial charge in [0.1, 0.15) is 6.04 Å². The van der Waals surface area contributed by atoms with Crippen molar-refractivity contribution in [2.75, 3.05) is 11.9 Å². The number of carbonyl (C=O) groups is 2. The van der Waals surface area contributed by atoms with Crippen LogP contribution in [0.1, 0.15) is 12.8 Å². The molecule has 0 radical (unpaired) electrons. The molecule has 6 nitrogen and oxygen atoms in total. The Bertz CT molecular complexity index is 531. The van der Waals surface area contributed by atoms with Crippen LogP contribution in [0.2, 0.25) is 0 Å². The molecule has 1 fully saturated rings. The average molecular weight is 303 g/mol. The molecule has 1 saturated heterocycles. The Morgan fingerprint density at radius 3 is 2.76 bits per heavy atom. The predicted octanol–water partition coefficient (Wildman–Crippen LogP) is 1.24. The van der Waals surface area contributed by atoms with Crippen LogP contribution >= 0.6 is 0 Å². The largest absolute Gasteiger partial charge is 0.468 e. The van der Waals surface area contributed by atoms with Crippen LogP contribution < -0.4 is 15.4 Å². The molecule has 1 aliphatic rings. The van der Waals surface area contributed by atoms with Gasteiger partial charge < -0.3 is 15.4 Å². The van der Waals surface area contributed by atoms with Crippen molar-refractivity contribution < 1.29 is 27.5 Å². The first kappa shape index (κ1) is 15.1. The number of hydrogen-bond acceptors (Lipinski definition) is 4. The van der Waals surface area contributed by atoms with Gasteiger partial charge in [-0.3, -0.25) is 9.59 Å². The normalized spacial score (nSPS) is 18.2. The molecular weight excluding hydrogens is 291 g/mol. The number of nitrogens with zero attached hydrogens (tertiary/aromatic N) is 1. The highest BCUT2D eigenvalue weighted by molar-refractivity contribution is 5.98. The third-order valence-electron chi connectivity index (χ3n) is 2.70. The minimum atomic E-state index is -4.44. The van der Waals surface area contributed by atoms with Crippen LogP contribution in [0.3, 0.4) is 0 Å². The first-order valence-corrected chi connectivity index (χ1v) is 6.09. The van der Waals surface area contributed by atoms with Crippen LogP contribution in [0, 0.1) is 0 Å². The Labute approximate surface area is 117 Å². The molecule has 1 atom stereocenters. The Morgan fingerprint density at radius 1 is 1.48 bits per heavy atom. The molecule has 0 aromatic carbocycles. The number of aromatic nitrogens is 1. The zero-order chi connectivity index (χ0) is 15.5. The average Bonchev–Trinajstić information content (AvgIpc) is 2.84. The number of pyridine rings is 1. The second kappa shape index (κ2) is 5.98. The second-order valence-electron chi connectivity index (χ2n) is 4.44. The van der Waals surface area contributed by atoms with Gasteiger partial charge >= 0.3 is 6.18 Å². The molecule has 0 bridgehead atoms. The van der Waals surface area contributed by atoms with E-state index in [1.165, 1.54) is 18.3 Å². The van der Waals surface area contributed by atoms with Gasteiger partial charge in [-0.1, -0.05) is 0 Å². The second-order valence-corrected chi connectivity index (χ2v) is 4.44. The summed E-state index contributed by atoms with van der Waals surface area (Å²) >= 11 is 0. The van der Waals surface area contributed by atoms with E-state index in [4.69, 9.17) is 0 Å². The van der Waals surface area contributed by atoms with E-state index in [1.807, 2.05) is 0 Å². The molecule has 0 aliphatic carbocycles. The maximum Gasteiger partial charge on any atom is 0.422 e. The summed E-state index contributed by atoms with van der Waals surface area (Å²) in [5.74, 6) is -0.782. The summed E-state index contributed by atoms with van der Waals surface area (Å²) in [6.07, 6.45) is -2.55. The van der Waals surface area contributed by atoms with Crippen LogP contribution in [0.25, 0.3) is 0 Å². The number of anilines is 1. The molecule has 21 heavy (non-hydrogen) atoms. The summed E-state index contributed by atoms with van der Waals surface area (Å²) < 4.78 is 40.3. The van der Waals surface area contributed by atoms with E-state index < -0.39 is 24.7 Å². The van der Waals surface area contributed by atoms with Gasteiger partial charge in [-0.15, -0.1) is 0 Å². The van der Waals surface area contributed by atoms with E-state index in [0.29, 0.717) is 18.5 Å². The van der Waals surface area contributed by atoms with Gasteiger partial charge in [0.15, 0.2) is 6.61 Å². The van der Waals surface area contributed by atoms with Crippen molar-refractivity contribution >= 4 is 17.5 Å². The minimum Gasteiger partial charge on any atom is -0.468 e. The van der Waals surface area contributed by atoms with Crippen molar-refractivity contribution in [2.24, 2.45) is 0 Å². The molecule has 1 aromatic heterocycles. The van der Waals surface area contributed by atoms with E-state index in [-0.39, 0.29) is 11.8 Å². The zero-order valence-corrected chi connectivity index (χ0v) is 10.7. The lowest BCUT2D eigenvalue weighted by Gasteiger charge is -2.11. The van der Waals surface area contributed by atoms with E-state index in [1.54, 1.807) is 0 Å². The number of ether oxygens (including phenoxy) is 1. The molecule has 2 amide bonds. The molecule has 0 unspecified atom stereocenters. The number of carbonyl (C=O) groups excluding carboxylic acids is 2. The van der Waals surface area contributed by atoms with Crippen molar-refractivity contribution in [1.29, 1.82) is 0 Å². The molecular formula is C12H12F3N3O3. The molecule has 1 aliphatic heterocycles. The van der Waals surface area contributed by atoms with Crippen LogP contribution in [0.5, 0.6) is 5.88 Å². The summed E-state index contributed by atoms with van der Waals surface area (Å²) in [5, 5.41) is 5.01. The number of halogens is 3. The quantitative estimate of drug-likeness (QED) is 0.877. The van der Waals surface area contributed by atoms with Gasteiger partial charge in [0.25, 0.3) is 0 Å². The fraction of sp³-hybridized carbons (Fsp3) is 0.417. The number of nitrogens with one attached hydrogen (secondary N) is 2. The van der Waals surface area contributed by atoms with Gasteiger partial charge in [-0.05, 0) is 12.5 Å². The zero-order valence-electron chi connectivity index (χ0n) is 10.7. The summed E-state index contributed by atoms with van der Waals surface area (Å²) in [6, 6.07) is 1.99. The lowest BCUT2D eigenvalue weighted by atomic mass is 10.2. The SMILES string of the molecule is O=C1CC[C@@H](C(=O)Nc2ccc(OCC(F)(F)F)nc2)N1. The summed E-state index contributed by atoms with van der Waals surface area (Å²) in [4.78, 5) is 26.4. The van der Waals surface area contributed by atoms with E-state index in [2.05, 4.69) is 20.4 Å². The van der Waals surface area contributed by atoms with Crippen molar-refractivity contribution in [3.63, 3.8) is 0 Å². The highest BCUT2D eigenvalue weighted by Gasteiger charge is 2.29. The van der Waals surface area contributed by atoms with E-state index >= 15 is 0 Å². The fourth-order valence-corrected chi connectivity index (χ4v) is 1.74. The van der Waals surface area contributed by atoms with E-state index in [0.717, 1.165) is 0 Å². The number of rotatable bonds is 4. The van der Waals surface area contributed by atoms with Gasteiger partial charge in [0.05, 0.1) is 11.9 Å². The topological polar surface area (TPSA) is 80.3 Å². The predicted molar refractivity (Wildman–Crippen MR) is 65.6 cm³/mol. The molecule has 2 rings (SSSR count). The fourth-order valence-electron chi connectivity index (χ4n) is 1.74. The molecule has 2 N–H and O–H groups in total. The Morgan fingerprint density at radius 2 is 2.24 bits per heavy atom. The minimum absolute atomic E-state index is 0.191. The van der Waals surface area contributed by atoms with Crippen molar-refractivity contribution in [3.8, 4) is 5.88 Å². The number of hydrogen-bond donors (Lipinski definition) is 2. The van der Waals surface area contributed by atoms with Crippen molar-refractivity contribution in [1.82, 2.24) is 10.3 Å². The number of amides is 2. The Balaban J connectivity index is 1.87. The van der Waals surface area contributed by atoms with Crippen molar-refractivity contribution in [3.05, 3.63) is 18.3 Å². The summed E-state index contributed by atoms with van der Waals surface area (Å²) in [5.41, 5.74) is 0.306. The van der Waals surface area contributed by atoms with Gasteiger partial charge in [-0.25, -0.2) is 4.98 Å². The molecule has 0 saturated carbocycles. The lowest BCUT2D eigenvalue weighted by Crippen LogP contribution is -2.37. The summed E-state index contributed by atoms with van der Waals surface area (Å²) in [7, 11) is 0.